The maximum Gasteiger partial charge on any atom is 0.141 e. The number of pyridine rings is 2. The fourth-order valence-electron chi connectivity index (χ4n) is 5.72. The zero-order valence-electron chi connectivity index (χ0n) is 16.3. The minimum atomic E-state index is 0.424. The highest BCUT2D eigenvalue weighted by molar-refractivity contribution is 5.53. The first kappa shape index (κ1) is 16.9. The lowest BCUT2D eigenvalue weighted by atomic mass is 9.85. The molecule has 4 heteroatoms. The summed E-state index contributed by atoms with van der Waals surface area (Å²) in [5.74, 6) is 0.799. The summed E-state index contributed by atoms with van der Waals surface area (Å²) in [5.41, 5.74) is 5.12. The molecule has 2 bridgehead atoms. The van der Waals surface area contributed by atoms with Gasteiger partial charge in [-0.2, -0.15) is 0 Å². The highest BCUT2D eigenvalue weighted by Gasteiger charge is 2.48. The van der Waals surface area contributed by atoms with Crippen molar-refractivity contribution in [2.45, 2.75) is 64.1 Å². The first-order valence-electron chi connectivity index (χ1n) is 10.3. The molecule has 5 heterocycles. The highest BCUT2D eigenvalue weighted by Crippen LogP contribution is 2.48. The van der Waals surface area contributed by atoms with Gasteiger partial charge in [0, 0.05) is 54.2 Å². The van der Waals surface area contributed by atoms with Crippen LogP contribution in [0.3, 0.4) is 0 Å². The third-order valence-electron chi connectivity index (χ3n) is 6.90. The van der Waals surface area contributed by atoms with Gasteiger partial charge in [-0.1, -0.05) is 6.07 Å². The molecule has 2 fully saturated rings. The second-order valence-electron chi connectivity index (χ2n) is 8.35. The molecular weight excluding hydrogens is 332 g/mol. The maximum atomic E-state index is 4.67. The van der Waals surface area contributed by atoms with Crippen molar-refractivity contribution in [3.05, 3.63) is 65.9 Å². The number of imidazole rings is 1. The van der Waals surface area contributed by atoms with Crippen molar-refractivity contribution in [1.82, 2.24) is 19.3 Å². The number of aromatic nitrogens is 3. The molecule has 4 nitrogen and oxygen atoms in total. The minimum Gasteiger partial charge on any atom is -0.307 e. The van der Waals surface area contributed by atoms with E-state index in [1.54, 1.807) is 0 Å². The van der Waals surface area contributed by atoms with Gasteiger partial charge in [0.1, 0.15) is 5.65 Å². The summed E-state index contributed by atoms with van der Waals surface area (Å²) >= 11 is 0. The van der Waals surface area contributed by atoms with Crippen LogP contribution in [-0.4, -0.2) is 31.4 Å². The molecular formula is C23H28N4. The third kappa shape index (κ3) is 2.87. The van der Waals surface area contributed by atoms with Crippen molar-refractivity contribution in [3.8, 4) is 0 Å². The Labute approximate surface area is 161 Å². The summed E-state index contributed by atoms with van der Waals surface area (Å²) in [6.45, 7) is 4.63. The summed E-state index contributed by atoms with van der Waals surface area (Å²) in [6.07, 6.45) is 14.4. The number of hydrogen-bond donors (Lipinski definition) is 0. The minimum absolute atomic E-state index is 0.424. The largest absolute Gasteiger partial charge is 0.307 e. The number of hydrogen-bond acceptors (Lipinski definition) is 3. The molecule has 0 saturated carbocycles. The van der Waals surface area contributed by atoms with E-state index in [4.69, 9.17) is 0 Å². The Kier molecular flexibility index (Phi) is 4.24. The first-order valence-corrected chi connectivity index (χ1v) is 10.3. The molecule has 2 saturated heterocycles. The van der Waals surface area contributed by atoms with Crippen molar-refractivity contribution in [2.24, 2.45) is 5.92 Å². The molecule has 3 aromatic heterocycles. The van der Waals surface area contributed by atoms with Gasteiger partial charge < -0.3 is 4.40 Å². The van der Waals surface area contributed by atoms with Crippen molar-refractivity contribution in [3.63, 3.8) is 0 Å². The molecule has 0 radical (unpaired) electrons. The fraction of sp³-hybridized carbons (Fsp3) is 0.478. The fourth-order valence-corrected chi connectivity index (χ4v) is 5.72. The lowest BCUT2D eigenvalue weighted by molar-refractivity contribution is 0.175. The second kappa shape index (κ2) is 6.75. The number of fused-ring (bicyclic) bond motifs is 3. The summed E-state index contributed by atoms with van der Waals surface area (Å²) in [4.78, 5) is 12.0. The Hall–Kier alpha value is -2.20. The van der Waals surface area contributed by atoms with Crippen LogP contribution in [0, 0.1) is 12.8 Å². The van der Waals surface area contributed by atoms with Crippen LogP contribution in [0.1, 0.15) is 55.5 Å². The van der Waals surface area contributed by atoms with E-state index in [2.05, 4.69) is 63.7 Å². The van der Waals surface area contributed by atoms with Gasteiger partial charge in [-0.15, -0.1) is 0 Å². The van der Waals surface area contributed by atoms with Crippen LogP contribution in [0.25, 0.3) is 5.65 Å². The average Bonchev–Trinajstić information content (AvgIpc) is 3.40. The van der Waals surface area contributed by atoms with E-state index in [0.29, 0.717) is 12.1 Å². The monoisotopic (exact) mass is 360 g/mol. The summed E-state index contributed by atoms with van der Waals surface area (Å²) < 4.78 is 2.16. The van der Waals surface area contributed by atoms with E-state index >= 15 is 0 Å². The highest BCUT2D eigenvalue weighted by atomic mass is 15.3. The third-order valence-corrected chi connectivity index (χ3v) is 6.90. The van der Waals surface area contributed by atoms with E-state index in [-0.39, 0.29) is 0 Å². The Balaban J connectivity index is 1.37. The average molecular weight is 361 g/mol. The van der Waals surface area contributed by atoms with E-state index in [1.165, 1.54) is 42.5 Å². The Bertz CT molecular complexity index is 932. The van der Waals surface area contributed by atoms with Gasteiger partial charge in [0.15, 0.2) is 0 Å². The Morgan fingerprint density at radius 1 is 1.11 bits per heavy atom. The molecule has 27 heavy (non-hydrogen) atoms. The molecule has 0 spiro atoms. The predicted molar refractivity (Wildman–Crippen MR) is 108 cm³/mol. The standard InChI is InChI=1S/C23H28N4/c1-16-10-13-26-14-12-25-23(26)22(16)17(2)27-20-8-9-21(27)18(15-20)6-7-19-5-3-4-11-24-19/h3-5,10-14,17-18,20-21H,6-9,15H2,1-2H3. The molecule has 0 amide bonds. The normalized spacial score (nSPS) is 26.1. The van der Waals surface area contributed by atoms with Gasteiger partial charge in [0.05, 0.1) is 0 Å². The quantitative estimate of drug-likeness (QED) is 0.667. The van der Waals surface area contributed by atoms with Crippen LogP contribution < -0.4 is 0 Å². The molecule has 140 valence electrons. The predicted octanol–water partition coefficient (Wildman–Crippen LogP) is 4.58. The van der Waals surface area contributed by atoms with Crippen LogP contribution >= 0.6 is 0 Å². The number of rotatable bonds is 5. The van der Waals surface area contributed by atoms with E-state index in [0.717, 1.165) is 24.0 Å². The molecule has 2 aliphatic heterocycles. The lowest BCUT2D eigenvalue weighted by Crippen LogP contribution is -2.33. The Morgan fingerprint density at radius 3 is 2.89 bits per heavy atom. The number of nitrogens with zero attached hydrogens (tertiary/aromatic N) is 4. The summed E-state index contributed by atoms with van der Waals surface area (Å²) in [5, 5.41) is 0. The van der Waals surface area contributed by atoms with E-state index < -0.39 is 0 Å². The summed E-state index contributed by atoms with van der Waals surface area (Å²) in [6, 6.07) is 10.4. The molecule has 0 aromatic carbocycles. The SMILES string of the molecule is Cc1ccn2ccnc2c1C(C)N1C2CCC1C(CCc1ccccn1)C2. The van der Waals surface area contributed by atoms with E-state index in [1.807, 2.05) is 18.5 Å². The molecule has 4 atom stereocenters. The maximum absolute atomic E-state index is 4.67. The van der Waals surface area contributed by atoms with Gasteiger partial charge in [-0.25, -0.2) is 4.98 Å². The van der Waals surface area contributed by atoms with Gasteiger partial charge >= 0.3 is 0 Å². The molecule has 3 aromatic rings. The van der Waals surface area contributed by atoms with Gasteiger partial charge in [0.2, 0.25) is 0 Å². The molecule has 5 rings (SSSR count). The van der Waals surface area contributed by atoms with Crippen molar-refractivity contribution < 1.29 is 0 Å². The zero-order chi connectivity index (χ0) is 18.4. The van der Waals surface area contributed by atoms with Crippen LogP contribution in [0.15, 0.2) is 49.1 Å². The second-order valence-corrected chi connectivity index (χ2v) is 8.35. The van der Waals surface area contributed by atoms with Crippen molar-refractivity contribution in [1.29, 1.82) is 0 Å². The van der Waals surface area contributed by atoms with Crippen LogP contribution in [-0.2, 0) is 6.42 Å². The van der Waals surface area contributed by atoms with Crippen LogP contribution in [0.2, 0.25) is 0 Å². The molecule has 0 aliphatic carbocycles. The van der Waals surface area contributed by atoms with Crippen LogP contribution in [0.5, 0.6) is 0 Å². The first-order chi connectivity index (χ1) is 13.2. The lowest BCUT2D eigenvalue weighted by Gasteiger charge is -2.31. The van der Waals surface area contributed by atoms with Crippen molar-refractivity contribution in [2.75, 3.05) is 0 Å². The molecule has 2 aliphatic rings. The Morgan fingerprint density at radius 2 is 2.04 bits per heavy atom. The van der Waals surface area contributed by atoms with Gasteiger partial charge in [0.25, 0.3) is 0 Å². The topological polar surface area (TPSA) is 33.4 Å². The van der Waals surface area contributed by atoms with Crippen LogP contribution in [0.4, 0.5) is 0 Å². The van der Waals surface area contributed by atoms with Crippen molar-refractivity contribution >= 4 is 5.65 Å². The van der Waals surface area contributed by atoms with E-state index in [9.17, 15) is 0 Å². The zero-order valence-corrected chi connectivity index (χ0v) is 16.3. The summed E-state index contributed by atoms with van der Waals surface area (Å²) in [7, 11) is 0. The smallest absolute Gasteiger partial charge is 0.141 e. The molecule has 0 N–H and O–H groups in total. The van der Waals surface area contributed by atoms with Gasteiger partial charge in [-0.05, 0) is 75.6 Å². The van der Waals surface area contributed by atoms with Gasteiger partial charge in [-0.3, -0.25) is 9.88 Å². The number of aryl methyl sites for hydroxylation is 2. The molecule has 4 unspecified atom stereocenters.